The summed E-state index contributed by atoms with van der Waals surface area (Å²) in [6.07, 6.45) is 4.43. The molecular formula is C11H18N2S. The summed E-state index contributed by atoms with van der Waals surface area (Å²) >= 11 is 1.91. The molecule has 1 aromatic rings. The number of anilines is 1. The number of hydrogen-bond donors (Lipinski definition) is 2. The highest BCUT2D eigenvalue weighted by molar-refractivity contribution is 7.99. The van der Waals surface area contributed by atoms with E-state index in [0.717, 1.165) is 12.1 Å². The smallest absolute Gasteiger partial charge is 0.0517 e. The molecule has 0 saturated carbocycles. The summed E-state index contributed by atoms with van der Waals surface area (Å²) < 4.78 is 0. The summed E-state index contributed by atoms with van der Waals surface area (Å²) in [5.74, 6) is 5.43. The Morgan fingerprint density at radius 3 is 2.79 bits per heavy atom. The number of hydrogen-bond acceptors (Lipinski definition) is 3. The van der Waals surface area contributed by atoms with E-state index in [9.17, 15) is 0 Å². The number of nitrogen functional groups attached to an aromatic ring is 1. The van der Waals surface area contributed by atoms with Gasteiger partial charge in [-0.3, -0.25) is 5.84 Å². The zero-order chi connectivity index (χ0) is 10.4. The summed E-state index contributed by atoms with van der Waals surface area (Å²) in [6.45, 7) is 2.25. The highest BCUT2D eigenvalue weighted by atomic mass is 32.2. The number of hydrazine groups is 1. The van der Waals surface area contributed by atoms with Gasteiger partial charge >= 0.3 is 0 Å². The fourth-order valence-electron chi connectivity index (χ4n) is 1.36. The van der Waals surface area contributed by atoms with Crippen LogP contribution in [0.2, 0.25) is 0 Å². The molecule has 0 heterocycles. The van der Waals surface area contributed by atoms with Crippen LogP contribution in [-0.4, -0.2) is 11.5 Å². The fourth-order valence-corrected chi connectivity index (χ4v) is 1.71. The van der Waals surface area contributed by atoms with Crippen LogP contribution < -0.4 is 11.3 Å². The lowest BCUT2D eigenvalue weighted by Gasteiger charge is -2.11. The van der Waals surface area contributed by atoms with E-state index in [1.807, 2.05) is 23.9 Å². The minimum Gasteiger partial charge on any atom is -0.324 e. The molecule has 0 aromatic heterocycles. The first-order valence-electron chi connectivity index (χ1n) is 4.85. The van der Waals surface area contributed by atoms with Crippen molar-refractivity contribution in [3.05, 3.63) is 29.8 Å². The van der Waals surface area contributed by atoms with Crippen LogP contribution in [0.5, 0.6) is 0 Å². The quantitative estimate of drug-likeness (QED) is 0.579. The maximum Gasteiger partial charge on any atom is 0.0517 e. The maximum absolute atomic E-state index is 5.43. The second-order valence-corrected chi connectivity index (χ2v) is 4.66. The average Bonchev–Trinajstić information content (AvgIpc) is 2.26. The molecule has 0 aliphatic heterocycles. The number of rotatable bonds is 5. The first kappa shape index (κ1) is 11.4. The summed E-state index contributed by atoms with van der Waals surface area (Å²) in [5.41, 5.74) is 5.07. The summed E-state index contributed by atoms with van der Waals surface area (Å²) in [6, 6.07) is 8.19. The Labute approximate surface area is 90.2 Å². The average molecular weight is 210 g/mol. The van der Waals surface area contributed by atoms with Crippen LogP contribution in [0.25, 0.3) is 0 Å². The van der Waals surface area contributed by atoms with E-state index in [1.54, 1.807) is 0 Å². The van der Waals surface area contributed by atoms with Gasteiger partial charge in [-0.15, -0.1) is 0 Å². The molecule has 14 heavy (non-hydrogen) atoms. The Morgan fingerprint density at radius 2 is 2.14 bits per heavy atom. The van der Waals surface area contributed by atoms with E-state index in [4.69, 9.17) is 5.84 Å². The van der Waals surface area contributed by atoms with Gasteiger partial charge in [0.05, 0.1) is 5.69 Å². The van der Waals surface area contributed by atoms with Crippen LogP contribution in [0, 0.1) is 0 Å². The lowest BCUT2D eigenvalue weighted by Crippen LogP contribution is -2.09. The van der Waals surface area contributed by atoms with Crippen LogP contribution >= 0.6 is 11.8 Å². The van der Waals surface area contributed by atoms with Gasteiger partial charge in [-0.05, 0) is 30.7 Å². The molecule has 0 saturated heterocycles. The Bertz CT molecular complexity index is 276. The van der Waals surface area contributed by atoms with Crippen molar-refractivity contribution in [1.82, 2.24) is 0 Å². The minimum atomic E-state index is 0.709. The van der Waals surface area contributed by atoms with E-state index in [-0.39, 0.29) is 0 Å². The van der Waals surface area contributed by atoms with Crippen molar-refractivity contribution < 1.29 is 0 Å². The summed E-state index contributed by atoms with van der Waals surface area (Å²) in [5, 5.41) is 0.709. The summed E-state index contributed by atoms with van der Waals surface area (Å²) in [7, 11) is 0. The normalized spacial score (nSPS) is 12.5. The van der Waals surface area contributed by atoms with E-state index in [0.29, 0.717) is 5.25 Å². The van der Waals surface area contributed by atoms with E-state index >= 15 is 0 Å². The number of nitrogens with one attached hydrogen (secondary N) is 1. The number of para-hydroxylation sites is 1. The van der Waals surface area contributed by atoms with Crippen molar-refractivity contribution >= 4 is 17.4 Å². The Kier molecular flexibility index (Phi) is 4.84. The first-order chi connectivity index (χ1) is 6.77. The molecule has 0 radical (unpaired) electrons. The largest absolute Gasteiger partial charge is 0.324 e. The minimum absolute atomic E-state index is 0.709. The van der Waals surface area contributed by atoms with Crippen molar-refractivity contribution in [1.29, 1.82) is 0 Å². The van der Waals surface area contributed by atoms with Crippen LogP contribution in [0.4, 0.5) is 5.69 Å². The number of aryl methyl sites for hydroxylation is 1. The molecule has 0 fully saturated rings. The number of thioether (sulfide) groups is 1. The number of benzene rings is 1. The predicted molar refractivity (Wildman–Crippen MR) is 65.6 cm³/mol. The Hall–Kier alpha value is -0.670. The van der Waals surface area contributed by atoms with Gasteiger partial charge in [0.1, 0.15) is 0 Å². The molecular weight excluding hydrogens is 192 g/mol. The Morgan fingerprint density at radius 1 is 1.43 bits per heavy atom. The van der Waals surface area contributed by atoms with E-state index in [2.05, 4.69) is 30.7 Å². The van der Waals surface area contributed by atoms with E-state index in [1.165, 1.54) is 12.0 Å². The Balaban J connectivity index is 2.57. The molecule has 0 spiro atoms. The highest BCUT2D eigenvalue weighted by Gasteiger charge is 2.03. The van der Waals surface area contributed by atoms with Crippen LogP contribution in [0.15, 0.2) is 24.3 Å². The zero-order valence-electron chi connectivity index (χ0n) is 8.79. The van der Waals surface area contributed by atoms with Crippen molar-refractivity contribution in [2.75, 3.05) is 11.7 Å². The van der Waals surface area contributed by atoms with E-state index < -0.39 is 0 Å². The lowest BCUT2D eigenvalue weighted by molar-refractivity contribution is 0.813. The van der Waals surface area contributed by atoms with Gasteiger partial charge in [-0.1, -0.05) is 25.1 Å². The molecule has 0 amide bonds. The molecule has 78 valence electrons. The second kappa shape index (κ2) is 5.94. The van der Waals surface area contributed by atoms with Crippen LogP contribution in [-0.2, 0) is 6.42 Å². The molecule has 3 N–H and O–H groups in total. The molecule has 1 unspecified atom stereocenters. The molecule has 0 bridgehead atoms. The van der Waals surface area contributed by atoms with Crippen molar-refractivity contribution in [3.8, 4) is 0 Å². The molecule has 1 atom stereocenters. The van der Waals surface area contributed by atoms with Gasteiger partial charge in [-0.2, -0.15) is 11.8 Å². The molecule has 1 rings (SSSR count). The van der Waals surface area contributed by atoms with Gasteiger partial charge < -0.3 is 5.43 Å². The monoisotopic (exact) mass is 210 g/mol. The van der Waals surface area contributed by atoms with Gasteiger partial charge in [0.25, 0.3) is 0 Å². The third-order valence-electron chi connectivity index (χ3n) is 2.40. The summed E-state index contributed by atoms with van der Waals surface area (Å²) in [4.78, 5) is 0. The fraction of sp³-hybridized carbons (Fsp3) is 0.455. The van der Waals surface area contributed by atoms with Crippen LogP contribution in [0.1, 0.15) is 18.9 Å². The highest BCUT2D eigenvalue weighted by Crippen LogP contribution is 2.19. The third-order valence-corrected chi connectivity index (χ3v) is 3.44. The van der Waals surface area contributed by atoms with Gasteiger partial charge in [-0.25, -0.2) is 0 Å². The number of nitrogens with two attached hydrogens (primary N) is 1. The van der Waals surface area contributed by atoms with Crippen molar-refractivity contribution in [3.63, 3.8) is 0 Å². The molecule has 0 aliphatic carbocycles. The van der Waals surface area contributed by atoms with Gasteiger partial charge in [0.15, 0.2) is 0 Å². The van der Waals surface area contributed by atoms with Crippen molar-refractivity contribution in [2.45, 2.75) is 25.0 Å². The second-order valence-electron chi connectivity index (χ2n) is 3.39. The van der Waals surface area contributed by atoms with Gasteiger partial charge in [0, 0.05) is 5.25 Å². The standard InChI is InChI=1S/C11H18N2S/c1-9(14-2)7-8-10-5-3-4-6-11(10)13-12/h3-6,9,13H,7-8,12H2,1-2H3. The zero-order valence-corrected chi connectivity index (χ0v) is 9.60. The van der Waals surface area contributed by atoms with Crippen molar-refractivity contribution in [2.24, 2.45) is 5.84 Å². The molecule has 1 aromatic carbocycles. The third kappa shape index (κ3) is 3.24. The topological polar surface area (TPSA) is 38.0 Å². The van der Waals surface area contributed by atoms with Crippen LogP contribution in [0.3, 0.4) is 0 Å². The first-order valence-corrected chi connectivity index (χ1v) is 6.14. The predicted octanol–water partition coefficient (Wildman–Crippen LogP) is 2.66. The maximum atomic E-state index is 5.43. The molecule has 3 heteroatoms. The van der Waals surface area contributed by atoms with Gasteiger partial charge in [0.2, 0.25) is 0 Å². The SMILES string of the molecule is CSC(C)CCc1ccccc1NN. The lowest BCUT2D eigenvalue weighted by atomic mass is 10.1. The molecule has 2 nitrogen and oxygen atoms in total. The molecule has 0 aliphatic rings.